The van der Waals surface area contributed by atoms with Crippen LogP contribution in [0.5, 0.6) is 0 Å². The normalized spacial score (nSPS) is 14.8. The number of alkyl halides is 3. The Balaban J connectivity index is 1.43. The predicted molar refractivity (Wildman–Crippen MR) is 124 cm³/mol. The van der Waals surface area contributed by atoms with Crippen molar-refractivity contribution < 1.29 is 30.8 Å². The second-order valence-corrected chi connectivity index (χ2v) is 10.5. The quantitative estimate of drug-likeness (QED) is 0.498. The number of nitrogens with zero attached hydrogens (tertiary/aromatic N) is 3. The summed E-state index contributed by atoms with van der Waals surface area (Å²) >= 11 is 0.883. The van der Waals surface area contributed by atoms with Gasteiger partial charge in [-0.15, -0.1) is 0 Å². The number of rotatable bonds is 5. The lowest BCUT2D eigenvalue weighted by molar-refractivity contribution is -0.137. The third kappa shape index (κ3) is 5.56. The molecule has 1 fully saturated rings. The summed E-state index contributed by atoms with van der Waals surface area (Å²) in [6, 6.07) is 9.33. The van der Waals surface area contributed by atoms with Gasteiger partial charge in [0.2, 0.25) is 0 Å². The lowest BCUT2D eigenvalue weighted by Gasteiger charge is -2.36. The van der Waals surface area contributed by atoms with Crippen LogP contribution in [0, 0.1) is 12.7 Å². The van der Waals surface area contributed by atoms with Crippen LogP contribution in [0.15, 0.2) is 53.4 Å². The number of amides is 1. The van der Waals surface area contributed by atoms with E-state index in [2.05, 4.69) is 9.71 Å². The first-order valence-corrected chi connectivity index (χ1v) is 12.7. The highest BCUT2D eigenvalue weighted by Gasteiger charge is 2.32. The molecule has 1 aliphatic rings. The number of carbonyl (C=O) groups is 1. The van der Waals surface area contributed by atoms with E-state index in [4.69, 9.17) is 0 Å². The highest BCUT2D eigenvalue weighted by Crippen LogP contribution is 2.32. The monoisotopic (exact) mass is 528 g/mol. The van der Waals surface area contributed by atoms with E-state index in [1.807, 2.05) is 0 Å². The second-order valence-electron chi connectivity index (χ2n) is 7.82. The van der Waals surface area contributed by atoms with Gasteiger partial charge in [0.05, 0.1) is 16.2 Å². The number of carbonyl (C=O) groups excluding carboxylic acids is 1. The van der Waals surface area contributed by atoms with Crippen molar-refractivity contribution in [3.63, 3.8) is 0 Å². The Labute approximate surface area is 203 Å². The van der Waals surface area contributed by atoms with Crippen molar-refractivity contribution in [2.24, 2.45) is 0 Å². The van der Waals surface area contributed by atoms with Gasteiger partial charge in [-0.1, -0.05) is 17.4 Å². The SMILES string of the molecule is Cc1nc(NS(=O)(=O)c2ccc(F)cc2)sc1C(=O)N1CCN(c2cccc(C(F)(F)F)c2)CC1. The summed E-state index contributed by atoms with van der Waals surface area (Å²) in [5.74, 6) is -0.911. The highest BCUT2D eigenvalue weighted by atomic mass is 32.2. The summed E-state index contributed by atoms with van der Waals surface area (Å²) in [5.41, 5.74) is 0.0416. The molecule has 13 heteroatoms. The van der Waals surface area contributed by atoms with E-state index in [-0.39, 0.29) is 33.9 Å². The van der Waals surface area contributed by atoms with E-state index in [9.17, 15) is 30.8 Å². The Kier molecular flexibility index (Phi) is 6.73. The third-order valence-corrected chi connectivity index (χ3v) is 7.99. The van der Waals surface area contributed by atoms with Crippen molar-refractivity contribution in [2.45, 2.75) is 18.0 Å². The second kappa shape index (κ2) is 9.46. The van der Waals surface area contributed by atoms with Gasteiger partial charge in [-0.3, -0.25) is 9.52 Å². The smallest absolute Gasteiger partial charge is 0.368 e. The fourth-order valence-corrected chi connectivity index (χ4v) is 5.79. The first kappa shape index (κ1) is 24.9. The molecule has 1 N–H and O–H groups in total. The number of hydrogen-bond acceptors (Lipinski definition) is 6. The van der Waals surface area contributed by atoms with Crippen LogP contribution in [0.1, 0.15) is 20.9 Å². The zero-order valence-corrected chi connectivity index (χ0v) is 20.0. The number of thiazole rings is 1. The summed E-state index contributed by atoms with van der Waals surface area (Å²) in [4.78, 5) is 20.6. The Bertz CT molecular complexity index is 1330. The van der Waals surface area contributed by atoms with Crippen LogP contribution < -0.4 is 9.62 Å². The maximum absolute atomic E-state index is 13.1. The van der Waals surface area contributed by atoms with Crippen molar-refractivity contribution in [3.05, 3.63) is 70.5 Å². The molecule has 3 aromatic rings. The maximum Gasteiger partial charge on any atom is 0.416 e. The molecule has 0 atom stereocenters. The number of aromatic nitrogens is 1. The lowest BCUT2D eigenvalue weighted by atomic mass is 10.1. The molecule has 7 nitrogen and oxygen atoms in total. The number of halogens is 4. The van der Waals surface area contributed by atoms with E-state index in [1.54, 1.807) is 22.8 Å². The molecule has 1 aromatic heterocycles. The van der Waals surface area contributed by atoms with Crippen LogP contribution in [0.4, 0.5) is 28.4 Å². The van der Waals surface area contributed by atoms with Crippen molar-refractivity contribution in [1.29, 1.82) is 0 Å². The number of nitrogens with one attached hydrogen (secondary N) is 1. The van der Waals surface area contributed by atoms with Crippen molar-refractivity contribution in [2.75, 3.05) is 35.8 Å². The number of sulfonamides is 1. The summed E-state index contributed by atoms with van der Waals surface area (Å²) in [5, 5.41) is -0.00206. The Morgan fingerprint density at radius 2 is 1.71 bits per heavy atom. The van der Waals surface area contributed by atoms with E-state index in [1.165, 1.54) is 6.07 Å². The van der Waals surface area contributed by atoms with Gasteiger partial charge in [0.25, 0.3) is 15.9 Å². The molecule has 1 amide bonds. The van der Waals surface area contributed by atoms with Gasteiger partial charge in [-0.05, 0) is 49.4 Å². The Morgan fingerprint density at radius 1 is 1.06 bits per heavy atom. The van der Waals surface area contributed by atoms with Gasteiger partial charge < -0.3 is 9.80 Å². The zero-order chi connectivity index (χ0) is 25.4. The van der Waals surface area contributed by atoms with Crippen molar-refractivity contribution in [1.82, 2.24) is 9.88 Å². The number of benzene rings is 2. The molecule has 0 saturated carbocycles. The molecule has 0 unspecified atom stereocenters. The topological polar surface area (TPSA) is 82.6 Å². The summed E-state index contributed by atoms with van der Waals surface area (Å²) in [6.07, 6.45) is -4.44. The molecular formula is C22H20F4N4O3S2. The zero-order valence-electron chi connectivity index (χ0n) is 18.3. The van der Waals surface area contributed by atoms with Crippen LogP contribution in [-0.2, 0) is 16.2 Å². The minimum atomic E-state index is -4.44. The Hall–Kier alpha value is -3.19. The molecule has 0 spiro atoms. The summed E-state index contributed by atoms with van der Waals surface area (Å²) < 4.78 is 79.5. The number of aryl methyl sites for hydroxylation is 1. The van der Waals surface area contributed by atoms with Gasteiger partial charge in [0.15, 0.2) is 5.13 Å². The van der Waals surface area contributed by atoms with Crippen molar-refractivity contribution in [3.8, 4) is 0 Å². The molecule has 0 radical (unpaired) electrons. The number of anilines is 2. The standard InChI is InChI=1S/C22H20F4N4O3S2/c1-14-19(34-21(27-14)28-35(32,33)18-7-5-16(23)6-8-18)20(31)30-11-9-29(10-12-30)17-4-2-3-15(13-17)22(24,25)26/h2-8,13H,9-12H2,1H3,(H,27,28). The van der Waals surface area contributed by atoms with E-state index >= 15 is 0 Å². The fourth-order valence-electron chi connectivity index (χ4n) is 3.62. The Morgan fingerprint density at radius 3 is 2.34 bits per heavy atom. The molecule has 1 saturated heterocycles. The molecule has 2 heterocycles. The van der Waals surface area contributed by atoms with E-state index < -0.39 is 27.6 Å². The summed E-state index contributed by atoms with van der Waals surface area (Å²) in [6.45, 7) is 2.83. The molecule has 2 aromatic carbocycles. The molecule has 4 rings (SSSR count). The van der Waals surface area contributed by atoms with Crippen molar-refractivity contribution >= 4 is 38.1 Å². The molecule has 1 aliphatic heterocycles. The number of piperazine rings is 1. The molecule has 0 aliphatic carbocycles. The van der Waals surface area contributed by atoms with Gasteiger partial charge >= 0.3 is 6.18 Å². The fraction of sp³-hybridized carbons (Fsp3) is 0.273. The van der Waals surface area contributed by atoms with E-state index in [0.717, 1.165) is 47.7 Å². The minimum Gasteiger partial charge on any atom is -0.368 e. The van der Waals surface area contributed by atoms with Crippen LogP contribution in [0.2, 0.25) is 0 Å². The minimum absolute atomic E-state index is 0.00206. The third-order valence-electron chi connectivity index (χ3n) is 5.44. The van der Waals surface area contributed by atoms with Crippen LogP contribution in [0.25, 0.3) is 0 Å². The molecule has 0 bridgehead atoms. The molecule has 35 heavy (non-hydrogen) atoms. The summed E-state index contributed by atoms with van der Waals surface area (Å²) in [7, 11) is -4.02. The van der Waals surface area contributed by atoms with Gasteiger partial charge in [0.1, 0.15) is 10.7 Å². The molecular weight excluding hydrogens is 508 g/mol. The van der Waals surface area contributed by atoms with Crippen LogP contribution in [0.3, 0.4) is 0 Å². The molecule has 186 valence electrons. The van der Waals surface area contributed by atoms with Crippen LogP contribution >= 0.6 is 11.3 Å². The largest absolute Gasteiger partial charge is 0.416 e. The first-order valence-electron chi connectivity index (χ1n) is 10.4. The highest BCUT2D eigenvalue weighted by molar-refractivity contribution is 7.93. The van der Waals surface area contributed by atoms with E-state index in [0.29, 0.717) is 24.5 Å². The average molecular weight is 529 g/mol. The van der Waals surface area contributed by atoms with Gasteiger partial charge in [0, 0.05) is 31.9 Å². The van der Waals surface area contributed by atoms with Crippen LogP contribution in [-0.4, -0.2) is 50.4 Å². The predicted octanol–water partition coefficient (Wildman–Crippen LogP) is 4.37. The van der Waals surface area contributed by atoms with Gasteiger partial charge in [-0.2, -0.15) is 13.2 Å². The van der Waals surface area contributed by atoms with Gasteiger partial charge in [-0.25, -0.2) is 17.8 Å². The first-order chi connectivity index (χ1) is 16.4. The lowest BCUT2D eigenvalue weighted by Crippen LogP contribution is -2.48. The average Bonchev–Trinajstić information content (AvgIpc) is 3.17. The number of hydrogen-bond donors (Lipinski definition) is 1. The maximum atomic E-state index is 13.1.